The molecule has 2 amide bonds. The number of anilines is 1. The number of benzene rings is 2. The van der Waals surface area contributed by atoms with Gasteiger partial charge in [-0.05, 0) is 24.3 Å². The zero-order valence-corrected chi connectivity index (χ0v) is 16.9. The molecule has 29 heavy (non-hydrogen) atoms. The number of carbonyl (C=O) groups is 3. The standard InChI is InChI=1S/C18H17Cl2N3O6/c1-27-14-4-3-9(19)5-10(14)17(25)23-22-16(24)8-29-18(26)11-6-12(20)13(21)7-15(11)28-2/h3-7H,8,21H2,1-2H3,(H,22,24)(H,23,25). The molecule has 0 bridgehead atoms. The third kappa shape index (κ3) is 5.66. The topological polar surface area (TPSA) is 129 Å². The van der Waals surface area contributed by atoms with Gasteiger partial charge in [0.1, 0.15) is 17.1 Å². The van der Waals surface area contributed by atoms with Crippen LogP contribution < -0.4 is 26.1 Å². The van der Waals surface area contributed by atoms with Crippen molar-refractivity contribution < 1.29 is 28.6 Å². The number of hydrazine groups is 1. The maximum Gasteiger partial charge on any atom is 0.342 e. The Labute approximate surface area is 176 Å². The predicted molar refractivity (Wildman–Crippen MR) is 106 cm³/mol. The third-order valence-corrected chi connectivity index (χ3v) is 4.16. The van der Waals surface area contributed by atoms with E-state index in [1.54, 1.807) is 6.07 Å². The number of amides is 2. The van der Waals surface area contributed by atoms with Gasteiger partial charge >= 0.3 is 5.97 Å². The van der Waals surface area contributed by atoms with Crippen LogP contribution in [0.4, 0.5) is 5.69 Å². The van der Waals surface area contributed by atoms with E-state index >= 15 is 0 Å². The van der Waals surface area contributed by atoms with Crippen LogP contribution in [-0.2, 0) is 9.53 Å². The highest BCUT2D eigenvalue weighted by atomic mass is 35.5. The lowest BCUT2D eigenvalue weighted by Crippen LogP contribution is -2.43. The zero-order chi connectivity index (χ0) is 21.6. The van der Waals surface area contributed by atoms with Gasteiger partial charge in [0.25, 0.3) is 11.8 Å². The summed E-state index contributed by atoms with van der Waals surface area (Å²) in [5, 5.41) is 0.442. The Hall–Kier alpha value is -3.17. The van der Waals surface area contributed by atoms with E-state index in [-0.39, 0.29) is 33.3 Å². The summed E-state index contributed by atoms with van der Waals surface area (Å²) in [5.41, 5.74) is 10.3. The minimum absolute atomic E-state index is 0.00722. The third-order valence-electron chi connectivity index (χ3n) is 3.59. The van der Waals surface area contributed by atoms with Crippen LogP contribution in [-0.4, -0.2) is 38.6 Å². The summed E-state index contributed by atoms with van der Waals surface area (Å²) < 4.78 is 15.0. The van der Waals surface area contributed by atoms with Gasteiger partial charge in [-0.25, -0.2) is 4.79 Å². The number of nitrogens with one attached hydrogen (secondary N) is 2. The molecule has 0 heterocycles. The molecule has 0 aliphatic heterocycles. The number of esters is 1. The van der Waals surface area contributed by atoms with Crippen molar-refractivity contribution >= 4 is 46.7 Å². The van der Waals surface area contributed by atoms with Crippen LogP contribution in [0.1, 0.15) is 20.7 Å². The normalized spacial score (nSPS) is 10.1. The van der Waals surface area contributed by atoms with Gasteiger partial charge in [-0.1, -0.05) is 23.2 Å². The molecule has 2 aromatic carbocycles. The van der Waals surface area contributed by atoms with Gasteiger partial charge in [-0.15, -0.1) is 0 Å². The number of nitrogen functional groups attached to an aromatic ring is 1. The van der Waals surface area contributed by atoms with Crippen LogP contribution in [0.2, 0.25) is 10.0 Å². The first-order chi connectivity index (χ1) is 13.8. The predicted octanol–water partition coefficient (Wildman–Crippen LogP) is 2.21. The van der Waals surface area contributed by atoms with Crippen LogP contribution in [0, 0.1) is 0 Å². The summed E-state index contributed by atoms with van der Waals surface area (Å²) in [5.74, 6) is -1.91. The summed E-state index contributed by atoms with van der Waals surface area (Å²) in [6.07, 6.45) is 0. The van der Waals surface area contributed by atoms with Gasteiger partial charge in [-0.2, -0.15) is 0 Å². The van der Waals surface area contributed by atoms with Crippen molar-refractivity contribution in [2.45, 2.75) is 0 Å². The largest absolute Gasteiger partial charge is 0.496 e. The Morgan fingerprint density at radius 3 is 2.31 bits per heavy atom. The van der Waals surface area contributed by atoms with Gasteiger partial charge < -0.3 is 19.9 Å². The Morgan fingerprint density at radius 1 is 0.966 bits per heavy atom. The summed E-state index contributed by atoms with van der Waals surface area (Å²) in [4.78, 5) is 36.2. The summed E-state index contributed by atoms with van der Waals surface area (Å²) >= 11 is 11.8. The van der Waals surface area contributed by atoms with Crippen molar-refractivity contribution in [2.24, 2.45) is 0 Å². The van der Waals surface area contributed by atoms with E-state index in [9.17, 15) is 14.4 Å². The zero-order valence-electron chi connectivity index (χ0n) is 15.4. The molecule has 0 aliphatic rings. The molecule has 0 saturated heterocycles. The van der Waals surface area contributed by atoms with E-state index in [0.29, 0.717) is 5.02 Å². The second-order valence-electron chi connectivity index (χ2n) is 5.50. The molecule has 0 aromatic heterocycles. The Kier molecular flexibility index (Phi) is 7.52. The average molecular weight is 442 g/mol. The lowest BCUT2D eigenvalue weighted by atomic mass is 10.2. The van der Waals surface area contributed by atoms with Crippen LogP contribution in [0.3, 0.4) is 0 Å². The number of nitrogens with two attached hydrogens (primary N) is 1. The highest BCUT2D eigenvalue weighted by molar-refractivity contribution is 6.33. The number of ether oxygens (including phenoxy) is 3. The monoisotopic (exact) mass is 441 g/mol. The maximum atomic E-state index is 12.2. The first-order valence-corrected chi connectivity index (χ1v) is 8.75. The summed E-state index contributed by atoms with van der Waals surface area (Å²) in [7, 11) is 2.72. The van der Waals surface area contributed by atoms with Crippen molar-refractivity contribution in [1.82, 2.24) is 10.9 Å². The summed E-state index contributed by atoms with van der Waals surface area (Å²) in [6, 6.07) is 7.05. The van der Waals surface area contributed by atoms with Crippen LogP contribution in [0.15, 0.2) is 30.3 Å². The molecule has 0 spiro atoms. The average Bonchev–Trinajstić information content (AvgIpc) is 2.71. The molecule has 2 rings (SSSR count). The van der Waals surface area contributed by atoms with Crippen molar-refractivity contribution in [2.75, 3.05) is 26.6 Å². The molecule has 2 aromatic rings. The van der Waals surface area contributed by atoms with Gasteiger partial charge in [0.15, 0.2) is 6.61 Å². The fraction of sp³-hybridized carbons (Fsp3) is 0.167. The minimum atomic E-state index is -0.860. The van der Waals surface area contributed by atoms with Crippen molar-refractivity contribution in [3.63, 3.8) is 0 Å². The van der Waals surface area contributed by atoms with Gasteiger partial charge in [0.05, 0.1) is 30.5 Å². The molecule has 0 atom stereocenters. The first kappa shape index (κ1) is 22.1. The fourth-order valence-corrected chi connectivity index (χ4v) is 2.53. The number of hydrogen-bond acceptors (Lipinski definition) is 7. The molecular formula is C18H17Cl2N3O6. The van der Waals surface area contributed by atoms with Crippen LogP contribution >= 0.6 is 23.2 Å². The molecular weight excluding hydrogens is 425 g/mol. The lowest BCUT2D eigenvalue weighted by molar-refractivity contribution is -0.125. The highest BCUT2D eigenvalue weighted by Gasteiger charge is 2.18. The lowest BCUT2D eigenvalue weighted by Gasteiger charge is -2.12. The molecule has 0 radical (unpaired) electrons. The van der Waals surface area contributed by atoms with E-state index in [1.165, 1.54) is 38.5 Å². The minimum Gasteiger partial charge on any atom is -0.496 e. The van der Waals surface area contributed by atoms with Crippen molar-refractivity contribution in [1.29, 1.82) is 0 Å². The molecule has 0 aliphatic carbocycles. The Balaban J connectivity index is 1.94. The molecule has 154 valence electrons. The quantitative estimate of drug-likeness (QED) is 0.355. The van der Waals surface area contributed by atoms with Gasteiger partial charge in [-0.3, -0.25) is 20.4 Å². The van der Waals surface area contributed by atoms with E-state index in [1.807, 2.05) is 0 Å². The van der Waals surface area contributed by atoms with Crippen LogP contribution in [0.5, 0.6) is 11.5 Å². The molecule has 11 heteroatoms. The van der Waals surface area contributed by atoms with Crippen molar-refractivity contribution in [3.8, 4) is 11.5 Å². The Bertz CT molecular complexity index is 951. The molecule has 4 N–H and O–H groups in total. The van der Waals surface area contributed by atoms with E-state index in [2.05, 4.69) is 10.9 Å². The second kappa shape index (κ2) is 9.85. The molecule has 0 saturated carbocycles. The maximum absolute atomic E-state index is 12.2. The molecule has 0 unspecified atom stereocenters. The van der Waals surface area contributed by atoms with Crippen LogP contribution in [0.25, 0.3) is 0 Å². The Morgan fingerprint density at radius 2 is 1.66 bits per heavy atom. The van der Waals surface area contributed by atoms with E-state index in [4.69, 9.17) is 43.1 Å². The SMILES string of the molecule is COc1ccc(Cl)cc1C(=O)NNC(=O)COC(=O)c1cc(Cl)c(N)cc1OC. The smallest absolute Gasteiger partial charge is 0.342 e. The van der Waals surface area contributed by atoms with Gasteiger partial charge in [0, 0.05) is 11.1 Å². The number of carbonyl (C=O) groups excluding carboxylic acids is 3. The second-order valence-corrected chi connectivity index (χ2v) is 6.34. The highest BCUT2D eigenvalue weighted by Crippen LogP contribution is 2.29. The molecule has 9 nitrogen and oxygen atoms in total. The number of methoxy groups -OCH3 is 2. The van der Waals surface area contributed by atoms with E-state index in [0.717, 1.165) is 0 Å². The first-order valence-electron chi connectivity index (χ1n) is 7.99. The number of hydrogen-bond donors (Lipinski definition) is 3. The summed E-state index contributed by atoms with van der Waals surface area (Å²) in [6.45, 7) is -0.670. The van der Waals surface area contributed by atoms with E-state index < -0.39 is 24.4 Å². The molecule has 0 fully saturated rings. The van der Waals surface area contributed by atoms with Gasteiger partial charge in [0.2, 0.25) is 0 Å². The fourth-order valence-electron chi connectivity index (χ4n) is 2.19. The van der Waals surface area contributed by atoms with Crippen molar-refractivity contribution in [3.05, 3.63) is 51.5 Å². The number of halogens is 2. The number of rotatable bonds is 6.